The van der Waals surface area contributed by atoms with Crippen LogP contribution in [0.25, 0.3) is 0 Å². The van der Waals surface area contributed by atoms with E-state index in [9.17, 15) is 4.39 Å². The van der Waals surface area contributed by atoms with Crippen molar-refractivity contribution in [1.82, 2.24) is 0 Å². The third-order valence-electron chi connectivity index (χ3n) is 2.62. The number of rotatable bonds is 1. The molecule has 0 amide bonds. The lowest BCUT2D eigenvalue weighted by Gasteiger charge is -2.08. The van der Waals surface area contributed by atoms with Gasteiger partial charge in [-0.15, -0.1) is 0 Å². The van der Waals surface area contributed by atoms with Gasteiger partial charge in [0.2, 0.25) is 0 Å². The minimum atomic E-state index is -0.178. The van der Waals surface area contributed by atoms with Gasteiger partial charge in [-0.25, -0.2) is 4.39 Å². The molecule has 1 aromatic rings. The molecule has 1 saturated carbocycles. The van der Waals surface area contributed by atoms with Crippen LogP contribution in [-0.4, -0.2) is 0 Å². The van der Waals surface area contributed by atoms with Crippen molar-refractivity contribution in [2.75, 3.05) is 0 Å². The fourth-order valence-corrected chi connectivity index (χ4v) is 1.73. The average Bonchev–Trinajstić information content (AvgIpc) is 2.75. The first-order chi connectivity index (χ1) is 5.62. The van der Waals surface area contributed by atoms with E-state index in [2.05, 4.69) is 22.9 Å². The SMILES string of the molecule is CC1(c2ccc(F)c(Br)c2)CC1. The summed E-state index contributed by atoms with van der Waals surface area (Å²) in [5.41, 5.74) is 1.58. The van der Waals surface area contributed by atoms with Crippen molar-refractivity contribution < 1.29 is 4.39 Å². The van der Waals surface area contributed by atoms with Gasteiger partial charge in [-0.05, 0) is 51.9 Å². The third kappa shape index (κ3) is 1.28. The molecule has 1 aromatic carbocycles. The summed E-state index contributed by atoms with van der Waals surface area (Å²) in [7, 11) is 0. The Morgan fingerprint density at radius 3 is 2.58 bits per heavy atom. The summed E-state index contributed by atoms with van der Waals surface area (Å²) in [6.07, 6.45) is 2.45. The average molecular weight is 229 g/mol. The Balaban J connectivity index is 2.41. The van der Waals surface area contributed by atoms with Gasteiger partial charge in [0.25, 0.3) is 0 Å². The van der Waals surface area contributed by atoms with Crippen LogP contribution in [0.15, 0.2) is 22.7 Å². The zero-order valence-electron chi connectivity index (χ0n) is 6.90. The maximum atomic E-state index is 12.9. The summed E-state index contributed by atoms with van der Waals surface area (Å²) in [6, 6.07) is 5.30. The quantitative estimate of drug-likeness (QED) is 0.689. The second-order valence-corrected chi connectivity index (χ2v) is 4.54. The molecule has 0 bridgehead atoms. The Labute approximate surface area is 79.9 Å². The van der Waals surface area contributed by atoms with E-state index in [1.165, 1.54) is 24.5 Å². The van der Waals surface area contributed by atoms with Crippen LogP contribution in [0.2, 0.25) is 0 Å². The van der Waals surface area contributed by atoms with Crippen LogP contribution in [-0.2, 0) is 5.41 Å². The fourth-order valence-electron chi connectivity index (χ4n) is 1.35. The zero-order chi connectivity index (χ0) is 8.77. The van der Waals surface area contributed by atoms with Crippen molar-refractivity contribution in [2.24, 2.45) is 0 Å². The largest absolute Gasteiger partial charge is 0.206 e. The van der Waals surface area contributed by atoms with Crippen molar-refractivity contribution in [3.05, 3.63) is 34.1 Å². The van der Waals surface area contributed by atoms with Crippen LogP contribution in [0, 0.1) is 5.82 Å². The van der Waals surface area contributed by atoms with E-state index in [1.54, 1.807) is 0 Å². The monoisotopic (exact) mass is 228 g/mol. The van der Waals surface area contributed by atoms with E-state index >= 15 is 0 Å². The zero-order valence-corrected chi connectivity index (χ0v) is 8.49. The van der Waals surface area contributed by atoms with Crippen LogP contribution in [0.4, 0.5) is 4.39 Å². The Morgan fingerprint density at radius 2 is 2.08 bits per heavy atom. The summed E-state index contributed by atoms with van der Waals surface area (Å²) in [5.74, 6) is -0.178. The summed E-state index contributed by atoms with van der Waals surface area (Å²) >= 11 is 3.19. The standard InChI is InChI=1S/C10H10BrF/c1-10(4-5-10)7-2-3-9(12)8(11)6-7/h2-3,6H,4-5H2,1H3. The van der Waals surface area contributed by atoms with Gasteiger partial charge in [-0.2, -0.15) is 0 Å². The molecule has 0 heterocycles. The lowest BCUT2D eigenvalue weighted by atomic mass is 9.99. The van der Waals surface area contributed by atoms with Crippen molar-refractivity contribution >= 4 is 15.9 Å². The Kier molecular flexibility index (Phi) is 1.76. The number of benzene rings is 1. The Bertz CT molecular complexity index is 316. The molecule has 0 nitrogen and oxygen atoms in total. The van der Waals surface area contributed by atoms with Crippen LogP contribution in [0.1, 0.15) is 25.3 Å². The van der Waals surface area contributed by atoms with E-state index < -0.39 is 0 Å². The maximum Gasteiger partial charge on any atom is 0.137 e. The Hall–Kier alpha value is -0.370. The molecule has 2 rings (SSSR count). The number of halogens is 2. The predicted molar refractivity (Wildman–Crippen MR) is 50.7 cm³/mol. The summed E-state index contributed by atoms with van der Waals surface area (Å²) < 4.78 is 13.4. The summed E-state index contributed by atoms with van der Waals surface area (Å²) in [4.78, 5) is 0. The number of hydrogen-bond acceptors (Lipinski definition) is 0. The first-order valence-electron chi connectivity index (χ1n) is 4.07. The lowest BCUT2D eigenvalue weighted by molar-refractivity contribution is 0.618. The molecule has 64 valence electrons. The van der Waals surface area contributed by atoms with Gasteiger partial charge in [-0.1, -0.05) is 13.0 Å². The first kappa shape index (κ1) is 8.24. The van der Waals surface area contributed by atoms with Crippen molar-refractivity contribution in [3.8, 4) is 0 Å². The van der Waals surface area contributed by atoms with Gasteiger partial charge in [0.15, 0.2) is 0 Å². The first-order valence-corrected chi connectivity index (χ1v) is 4.87. The molecule has 0 aromatic heterocycles. The molecular formula is C10H10BrF. The van der Waals surface area contributed by atoms with Crippen LogP contribution >= 0.6 is 15.9 Å². The molecule has 0 aliphatic heterocycles. The fraction of sp³-hybridized carbons (Fsp3) is 0.400. The molecule has 2 heteroatoms. The molecule has 1 aliphatic carbocycles. The molecule has 1 aliphatic rings. The topological polar surface area (TPSA) is 0 Å². The van der Waals surface area contributed by atoms with Gasteiger partial charge >= 0.3 is 0 Å². The van der Waals surface area contributed by atoms with Gasteiger partial charge in [0.05, 0.1) is 4.47 Å². The second-order valence-electron chi connectivity index (χ2n) is 3.69. The van der Waals surface area contributed by atoms with Gasteiger partial charge in [0.1, 0.15) is 5.82 Å². The highest BCUT2D eigenvalue weighted by Crippen LogP contribution is 2.48. The minimum absolute atomic E-state index is 0.178. The summed E-state index contributed by atoms with van der Waals surface area (Å²) in [6.45, 7) is 2.21. The van der Waals surface area contributed by atoms with Crippen molar-refractivity contribution in [1.29, 1.82) is 0 Å². The minimum Gasteiger partial charge on any atom is -0.206 e. The molecular weight excluding hydrogens is 219 g/mol. The molecule has 0 radical (unpaired) electrons. The molecule has 1 fully saturated rings. The molecule has 0 atom stereocenters. The molecule has 12 heavy (non-hydrogen) atoms. The highest BCUT2D eigenvalue weighted by Gasteiger charge is 2.39. The van der Waals surface area contributed by atoms with Crippen LogP contribution in [0.3, 0.4) is 0 Å². The van der Waals surface area contributed by atoms with E-state index in [0.29, 0.717) is 9.89 Å². The van der Waals surface area contributed by atoms with Crippen molar-refractivity contribution in [3.63, 3.8) is 0 Å². The highest BCUT2D eigenvalue weighted by atomic mass is 79.9. The van der Waals surface area contributed by atoms with Gasteiger partial charge in [0, 0.05) is 0 Å². The lowest BCUT2D eigenvalue weighted by Crippen LogP contribution is -1.99. The van der Waals surface area contributed by atoms with Crippen LogP contribution in [0.5, 0.6) is 0 Å². The third-order valence-corrected chi connectivity index (χ3v) is 3.22. The molecule has 0 saturated heterocycles. The van der Waals surface area contributed by atoms with Gasteiger partial charge in [-0.3, -0.25) is 0 Å². The van der Waals surface area contributed by atoms with E-state index in [4.69, 9.17) is 0 Å². The van der Waals surface area contributed by atoms with E-state index in [1.807, 2.05) is 12.1 Å². The molecule has 0 spiro atoms. The van der Waals surface area contributed by atoms with Crippen molar-refractivity contribution in [2.45, 2.75) is 25.2 Å². The Morgan fingerprint density at radius 1 is 1.42 bits per heavy atom. The maximum absolute atomic E-state index is 12.9. The molecule has 0 unspecified atom stereocenters. The molecule has 0 N–H and O–H groups in total. The normalized spacial score (nSPS) is 19.2. The van der Waals surface area contributed by atoms with Crippen LogP contribution < -0.4 is 0 Å². The van der Waals surface area contributed by atoms with E-state index in [0.717, 1.165) is 0 Å². The van der Waals surface area contributed by atoms with Gasteiger partial charge < -0.3 is 0 Å². The smallest absolute Gasteiger partial charge is 0.137 e. The summed E-state index contributed by atoms with van der Waals surface area (Å²) in [5, 5.41) is 0. The predicted octanol–water partition coefficient (Wildman–Crippen LogP) is 3.64. The van der Waals surface area contributed by atoms with E-state index in [-0.39, 0.29) is 5.82 Å². The second kappa shape index (κ2) is 2.56. The number of hydrogen-bond donors (Lipinski definition) is 0. The highest BCUT2D eigenvalue weighted by molar-refractivity contribution is 9.10.